The molecule has 0 aromatic carbocycles. The summed E-state index contributed by atoms with van der Waals surface area (Å²) in [5, 5.41) is 0. The van der Waals surface area contributed by atoms with Crippen molar-refractivity contribution in [2.45, 2.75) is 37.6 Å². The summed E-state index contributed by atoms with van der Waals surface area (Å²) in [5.74, 6) is 2.29. The third-order valence-corrected chi connectivity index (χ3v) is 4.91. The molecule has 14 heavy (non-hydrogen) atoms. The van der Waals surface area contributed by atoms with Gasteiger partial charge in [0.05, 0.1) is 0 Å². The zero-order chi connectivity index (χ0) is 9.92. The number of Topliss-reactive ketones (excluding diaryl/α,β-unsaturated/α-hetero) is 1. The average molecular weight is 193 g/mol. The highest BCUT2D eigenvalue weighted by Gasteiger charge is 2.55. The maximum absolute atomic E-state index is 11.9. The Kier molecular flexibility index (Phi) is 1.65. The second kappa shape index (κ2) is 2.60. The summed E-state index contributed by atoms with van der Waals surface area (Å²) in [7, 11) is 4.38. The first-order valence-corrected chi connectivity index (χ1v) is 5.82. The van der Waals surface area contributed by atoms with Gasteiger partial charge in [-0.15, -0.1) is 0 Å². The first-order valence-electron chi connectivity index (χ1n) is 5.82. The quantitative estimate of drug-likeness (QED) is 0.631. The highest BCUT2D eigenvalue weighted by atomic mass is 16.1. The minimum Gasteiger partial charge on any atom is -0.304 e. The first kappa shape index (κ1) is 8.90. The molecule has 0 radical (unpaired) electrons. The second-order valence-electron chi connectivity index (χ2n) is 5.86. The summed E-state index contributed by atoms with van der Waals surface area (Å²) in [6, 6.07) is 0. The minimum absolute atomic E-state index is 0.393. The number of ketones is 1. The maximum atomic E-state index is 11.9. The van der Waals surface area contributed by atoms with Gasteiger partial charge >= 0.3 is 0 Å². The topological polar surface area (TPSA) is 20.3 Å². The van der Waals surface area contributed by atoms with Crippen LogP contribution in [-0.2, 0) is 4.79 Å². The third kappa shape index (κ3) is 0.979. The van der Waals surface area contributed by atoms with E-state index in [0.717, 1.165) is 18.8 Å². The Bertz CT molecular complexity index is 266. The largest absolute Gasteiger partial charge is 0.304 e. The van der Waals surface area contributed by atoms with Crippen molar-refractivity contribution in [1.29, 1.82) is 0 Å². The van der Waals surface area contributed by atoms with E-state index in [1.54, 1.807) is 0 Å². The Morgan fingerprint density at radius 3 is 2.21 bits per heavy atom. The lowest BCUT2D eigenvalue weighted by Gasteiger charge is -2.58. The molecule has 4 aliphatic rings. The fourth-order valence-corrected chi connectivity index (χ4v) is 4.25. The van der Waals surface area contributed by atoms with Crippen molar-refractivity contribution < 1.29 is 4.79 Å². The summed E-state index contributed by atoms with van der Waals surface area (Å²) in [5.41, 5.74) is 0.393. The predicted molar refractivity (Wildman–Crippen MR) is 55.0 cm³/mol. The highest BCUT2D eigenvalue weighted by molar-refractivity contribution is 5.86. The molecule has 0 N–H and O–H groups in total. The number of carbonyl (C=O) groups excluding carboxylic acids is 1. The number of hydrogen-bond donors (Lipinski definition) is 0. The zero-order valence-electron chi connectivity index (χ0n) is 9.12. The van der Waals surface area contributed by atoms with Gasteiger partial charge in [0.1, 0.15) is 5.78 Å². The molecule has 2 heteroatoms. The summed E-state index contributed by atoms with van der Waals surface area (Å²) in [6.45, 7) is 0. The van der Waals surface area contributed by atoms with Gasteiger partial charge in [-0.1, -0.05) is 0 Å². The molecular formula is C12H19NO. The van der Waals surface area contributed by atoms with Crippen molar-refractivity contribution in [3.05, 3.63) is 0 Å². The van der Waals surface area contributed by atoms with E-state index >= 15 is 0 Å². The molecule has 0 aromatic rings. The predicted octanol–water partition coefficient (Wildman–Crippen LogP) is 1.70. The molecule has 0 aliphatic heterocycles. The van der Waals surface area contributed by atoms with E-state index in [4.69, 9.17) is 0 Å². The standard InChI is InChI=1S/C12H19NO/c1-13(2)12-5-8-3-9(6-12)11(14)10(4-8)7-12/h8-10H,3-7H2,1-2H3. The van der Waals surface area contributed by atoms with E-state index < -0.39 is 0 Å². The minimum atomic E-state index is 0.393. The van der Waals surface area contributed by atoms with Crippen LogP contribution in [0.5, 0.6) is 0 Å². The van der Waals surface area contributed by atoms with E-state index in [-0.39, 0.29) is 0 Å². The van der Waals surface area contributed by atoms with Gasteiger partial charge in [-0.2, -0.15) is 0 Å². The van der Waals surface area contributed by atoms with Crippen LogP contribution in [0.4, 0.5) is 0 Å². The number of rotatable bonds is 1. The fraction of sp³-hybridized carbons (Fsp3) is 0.917. The lowest BCUT2D eigenvalue weighted by Crippen LogP contribution is -2.60. The molecular weight excluding hydrogens is 174 g/mol. The van der Waals surface area contributed by atoms with Crippen molar-refractivity contribution in [3.63, 3.8) is 0 Å². The van der Waals surface area contributed by atoms with Crippen LogP contribution in [0.25, 0.3) is 0 Å². The SMILES string of the molecule is CN(C)C12CC3CC(C1)C(=O)C(C3)C2. The van der Waals surface area contributed by atoms with E-state index in [9.17, 15) is 4.79 Å². The average Bonchev–Trinajstić information content (AvgIpc) is 2.12. The van der Waals surface area contributed by atoms with Gasteiger partial charge in [0.25, 0.3) is 0 Å². The van der Waals surface area contributed by atoms with Gasteiger partial charge in [0.15, 0.2) is 0 Å². The van der Waals surface area contributed by atoms with Gasteiger partial charge in [-0.05, 0) is 52.1 Å². The lowest BCUT2D eigenvalue weighted by molar-refractivity contribution is -0.148. The van der Waals surface area contributed by atoms with Gasteiger partial charge in [-0.3, -0.25) is 4.79 Å². The molecule has 4 aliphatic carbocycles. The van der Waals surface area contributed by atoms with Crippen molar-refractivity contribution >= 4 is 5.78 Å². The van der Waals surface area contributed by atoms with Gasteiger partial charge in [0, 0.05) is 17.4 Å². The van der Waals surface area contributed by atoms with Crippen molar-refractivity contribution in [1.82, 2.24) is 4.90 Å². The van der Waals surface area contributed by atoms with Crippen molar-refractivity contribution in [2.75, 3.05) is 14.1 Å². The van der Waals surface area contributed by atoms with Crippen LogP contribution < -0.4 is 0 Å². The Morgan fingerprint density at radius 2 is 1.71 bits per heavy atom. The molecule has 2 atom stereocenters. The van der Waals surface area contributed by atoms with E-state index in [0.29, 0.717) is 23.2 Å². The molecule has 0 saturated heterocycles. The Balaban J connectivity index is 1.96. The summed E-state index contributed by atoms with van der Waals surface area (Å²) in [6.07, 6.45) is 6.04. The first-order chi connectivity index (χ1) is 6.61. The van der Waals surface area contributed by atoms with Crippen LogP contribution in [-0.4, -0.2) is 30.3 Å². The highest BCUT2D eigenvalue weighted by Crippen LogP contribution is 2.55. The molecule has 4 bridgehead atoms. The summed E-state index contributed by atoms with van der Waals surface area (Å²) in [4.78, 5) is 14.3. The van der Waals surface area contributed by atoms with Gasteiger partial charge in [-0.25, -0.2) is 0 Å². The normalized spacial score (nSPS) is 50.5. The van der Waals surface area contributed by atoms with Crippen LogP contribution in [0, 0.1) is 17.8 Å². The zero-order valence-corrected chi connectivity index (χ0v) is 9.12. The Morgan fingerprint density at radius 1 is 1.14 bits per heavy atom. The molecule has 4 saturated carbocycles. The third-order valence-electron chi connectivity index (χ3n) is 4.91. The molecule has 2 unspecified atom stereocenters. The molecule has 78 valence electrons. The number of nitrogens with zero attached hydrogens (tertiary/aromatic N) is 1. The van der Waals surface area contributed by atoms with Crippen LogP contribution in [0.15, 0.2) is 0 Å². The summed E-state index contributed by atoms with van der Waals surface area (Å²) < 4.78 is 0. The number of carbonyl (C=O) groups is 1. The lowest BCUT2D eigenvalue weighted by atomic mass is 9.52. The van der Waals surface area contributed by atoms with Crippen LogP contribution >= 0.6 is 0 Å². The monoisotopic (exact) mass is 193 g/mol. The maximum Gasteiger partial charge on any atom is 0.139 e. The molecule has 0 heterocycles. The van der Waals surface area contributed by atoms with E-state index in [1.807, 2.05) is 0 Å². The molecule has 2 nitrogen and oxygen atoms in total. The van der Waals surface area contributed by atoms with Crippen LogP contribution in [0.3, 0.4) is 0 Å². The van der Waals surface area contributed by atoms with E-state index in [1.165, 1.54) is 19.3 Å². The molecule has 0 aromatic heterocycles. The van der Waals surface area contributed by atoms with Crippen LogP contribution in [0.1, 0.15) is 32.1 Å². The van der Waals surface area contributed by atoms with Crippen LogP contribution in [0.2, 0.25) is 0 Å². The number of hydrogen-bond acceptors (Lipinski definition) is 2. The smallest absolute Gasteiger partial charge is 0.139 e. The molecule has 0 amide bonds. The van der Waals surface area contributed by atoms with Gasteiger partial charge < -0.3 is 4.90 Å². The second-order valence-corrected chi connectivity index (χ2v) is 5.86. The molecule has 4 fully saturated rings. The Labute approximate surface area is 85.7 Å². The van der Waals surface area contributed by atoms with Gasteiger partial charge in [0.2, 0.25) is 0 Å². The Hall–Kier alpha value is -0.370. The fourth-order valence-electron chi connectivity index (χ4n) is 4.25. The summed E-state index contributed by atoms with van der Waals surface area (Å²) >= 11 is 0. The van der Waals surface area contributed by atoms with E-state index in [2.05, 4.69) is 19.0 Å². The molecule has 4 rings (SSSR count). The molecule has 0 spiro atoms. The van der Waals surface area contributed by atoms with Crippen molar-refractivity contribution in [3.8, 4) is 0 Å². The van der Waals surface area contributed by atoms with Crippen molar-refractivity contribution in [2.24, 2.45) is 17.8 Å².